The third kappa shape index (κ3) is 3.44. The van der Waals surface area contributed by atoms with Crippen molar-refractivity contribution in [2.45, 2.75) is 38.6 Å². The lowest BCUT2D eigenvalue weighted by Crippen LogP contribution is -2.28. The van der Waals surface area contributed by atoms with E-state index in [-0.39, 0.29) is 6.61 Å². The monoisotopic (exact) mass is 273 g/mol. The molecule has 0 saturated carbocycles. The molecular formula is C13H20ClNOS. The first-order chi connectivity index (χ1) is 8.20. The minimum absolute atomic E-state index is 0.281. The molecule has 0 fully saturated rings. The van der Waals surface area contributed by atoms with Gasteiger partial charge in [0.1, 0.15) is 0 Å². The zero-order valence-corrected chi connectivity index (χ0v) is 11.8. The minimum Gasteiger partial charge on any atom is -0.396 e. The molecule has 0 aromatic carbocycles. The summed E-state index contributed by atoms with van der Waals surface area (Å²) < 4.78 is 0.909. The first kappa shape index (κ1) is 13.3. The van der Waals surface area contributed by atoms with E-state index < -0.39 is 0 Å². The average molecular weight is 274 g/mol. The summed E-state index contributed by atoms with van der Waals surface area (Å²) in [6, 6.07) is 2.58. The summed E-state index contributed by atoms with van der Waals surface area (Å²) in [5.41, 5.74) is 1.41. The molecular weight excluding hydrogens is 254 g/mol. The lowest BCUT2D eigenvalue weighted by molar-refractivity contribution is 0.256. The maximum Gasteiger partial charge on any atom is 0.0934 e. The van der Waals surface area contributed by atoms with Crippen molar-refractivity contribution in [3.63, 3.8) is 0 Å². The zero-order chi connectivity index (χ0) is 12.3. The predicted molar refractivity (Wildman–Crippen MR) is 73.9 cm³/mol. The van der Waals surface area contributed by atoms with Crippen molar-refractivity contribution in [1.29, 1.82) is 0 Å². The number of halogens is 1. The molecule has 0 saturated heterocycles. The maximum absolute atomic E-state index is 8.89. The predicted octanol–water partition coefficient (Wildman–Crippen LogP) is 3.39. The van der Waals surface area contributed by atoms with E-state index in [9.17, 15) is 0 Å². The molecule has 1 aliphatic rings. The molecule has 0 amide bonds. The Morgan fingerprint density at radius 2 is 2.47 bits per heavy atom. The van der Waals surface area contributed by atoms with Crippen LogP contribution in [0.2, 0.25) is 4.34 Å². The Bertz CT molecular complexity index is 366. The zero-order valence-electron chi connectivity index (χ0n) is 10.2. The Kier molecular flexibility index (Phi) is 4.86. The van der Waals surface area contributed by atoms with Gasteiger partial charge in [-0.25, -0.2) is 0 Å². The lowest BCUT2D eigenvalue weighted by atomic mass is 9.93. The van der Waals surface area contributed by atoms with Crippen LogP contribution in [0, 0.1) is 5.92 Å². The van der Waals surface area contributed by atoms with Gasteiger partial charge in [0.15, 0.2) is 0 Å². The Morgan fingerprint density at radius 1 is 1.65 bits per heavy atom. The Balaban J connectivity index is 1.94. The van der Waals surface area contributed by atoms with Gasteiger partial charge in [-0.2, -0.15) is 0 Å². The Morgan fingerprint density at radius 3 is 3.24 bits per heavy atom. The van der Waals surface area contributed by atoms with Crippen molar-refractivity contribution >= 4 is 22.9 Å². The molecule has 2 nitrogen and oxygen atoms in total. The fraction of sp³-hybridized carbons (Fsp3) is 0.692. The van der Waals surface area contributed by atoms with Crippen LogP contribution < -0.4 is 5.32 Å². The first-order valence-electron chi connectivity index (χ1n) is 6.33. The summed E-state index contributed by atoms with van der Waals surface area (Å²) in [6.07, 6.45) is 4.50. The Labute approximate surface area is 112 Å². The van der Waals surface area contributed by atoms with Crippen molar-refractivity contribution < 1.29 is 5.11 Å². The highest BCUT2D eigenvalue weighted by molar-refractivity contribution is 7.16. The smallest absolute Gasteiger partial charge is 0.0934 e. The molecule has 96 valence electrons. The van der Waals surface area contributed by atoms with Crippen LogP contribution in [0.15, 0.2) is 6.07 Å². The molecule has 0 bridgehead atoms. The molecule has 2 N–H and O–H groups in total. The number of hydrogen-bond donors (Lipinski definition) is 2. The molecule has 0 spiro atoms. The van der Waals surface area contributed by atoms with E-state index in [1.54, 1.807) is 11.3 Å². The minimum atomic E-state index is 0.281. The van der Waals surface area contributed by atoms with Crippen LogP contribution >= 0.6 is 22.9 Å². The topological polar surface area (TPSA) is 32.3 Å². The van der Waals surface area contributed by atoms with Crippen molar-refractivity contribution in [2.75, 3.05) is 13.2 Å². The summed E-state index contributed by atoms with van der Waals surface area (Å²) in [6.45, 7) is 3.43. The van der Waals surface area contributed by atoms with E-state index in [4.69, 9.17) is 16.7 Å². The molecule has 4 heteroatoms. The molecule has 1 aromatic rings. The summed E-state index contributed by atoms with van der Waals surface area (Å²) in [7, 11) is 0. The number of aryl methyl sites for hydroxylation is 1. The second kappa shape index (κ2) is 6.19. The van der Waals surface area contributed by atoms with Gasteiger partial charge in [-0.1, -0.05) is 18.5 Å². The lowest BCUT2D eigenvalue weighted by Gasteiger charge is -2.25. The summed E-state index contributed by atoms with van der Waals surface area (Å²) >= 11 is 7.81. The van der Waals surface area contributed by atoms with E-state index in [0.717, 1.165) is 17.3 Å². The second-order valence-corrected chi connectivity index (χ2v) is 6.67. The van der Waals surface area contributed by atoms with E-state index in [1.165, 1.54) is 29.7 Å². The van der Waals surface area contributed by atoms with E-state index in [0.29, 0.717) is 12.0 Å². The number of nitrogens with one attached hydrogen (secondary N) is 1. The molecule has 2 atom stereocenters. The summed E-state index contributed by atoms with van der Waals surface area (Å²) in [4.78, 5) is 1.45. The van der Waals surface area contributed by atoms with Crippen molar-refractivity contribution in [3.05, 3.63) is 20.8 Å². The van der Waals surface area contributed by atoms with Gasteiger partial charge in [-0.05, 0) is 49.8 Å². The van der Waals surface area contributed by atoms with Crippen molar-refractivity contribution in [3.8, 4) is 0 Å². The highest BCUT2D eigenvalue weighted by Crippen LogP contribution is 2.37. The highest BCUT2D eigenvalue weighted by Gasteiger charge is 2.22. The van der Waals surface area contributed by atoms with Gasteiger partial charge >= 0.3 is 0 Å². The van der Waals surface area contributed by atoms with Gasteiger partial charge < -0.3 is 10.4 Å². The van der Waals surface area contributed by atoms with Crippen LogP contribution in [0.5, 0.6) is 0 Å². The van der Waals surface area contributed by atoms with Gasteiger partial charge in [-0.3, -0.25) is 0 Å². The van der Waals surface area contributed by atoms with Gasteiger partial charge in [0.2, 0.25) is 0 Å². The molecule has 0 aliphatic heterocycles. The van der Waals surface area contributed by atoms with E-state index in [1.807, 2.05) is 0 Å². The number of fused-ring (bicyclic) bond motifs is 1. The normalized spacial score (nSPS) is 21.2. The van der Waals surface area contributed by atoms with Crippen LogP contribution in [0.25, 0.3) is 0 Å². The maximum atomic E-state index is 8.89. The highest BCUT2D eigenvalue weighted by atomic mass is 35.5. The standard InChI is InChI=1S/C13H20ClNOS/c1-9(5-6-16)8-15-11-3-2-4-12-10(11)7-13(14)17-12/h7,9,11,15-16H,2-6,8H2,1H3. The molecule has 2 unspecified atom stereocenters. The van der Waals surface area contributed by atoms with Gasteiger partial charge in [-0.15, -0.1) is 11.3 Å². The van der Waals surface area contributed by atoms with Crippen molar-refractivity contribution in [2.24, 2.45) is 5.92 Å². The molecule has 17 heavy (non-hydrogen) atoms. The number of aliphatic hydroxyl groups is 1. The average Bonchev–Trinajstić information content (AvgIpc) is 2.67. The van der Waals surface area contributed by atoms with Crippen LogP contribution in [0.4, 0.5) is 0 Å². The molecule has 2 rings (SSSR count). The summed E-state index contributed by atoms with van der Waals surface area (Å²) in [5.74, 6) is 0.527. The largest absolute Gasteiger partial charge is 0.396 e. The SMILES string of the molecule is CC(CCO)CNC1CCCc2sc(Cl)cc21. The molecule has 1 aliphatic carbocycles. The number of aliphatic hydroxyl groups excluding tert-OH is 1. The Hall–Kier alpha value is -0.0900. The second-order valence-electron chi connectivity index (χ2n) is 4.90. The van der Waals surface area contributed by atoms with Crippen molar-refractivity contribution in [1.82, 2.24) is 5.32 Å². The van der Waals surface area contributed by atoms with Gasteiger partial charge in [0.05, 0.1) is 4.34 Å². The van der Waals surface area contributed by atoms with Crippen LogP contribution in [0.1, 0.15) is 42.7 Å². The van der Waals surface area contributed by atoms with Crippen LogP contribution in [-0.2, 0) is 6.42 Å². The van der Waals surface area contributed by atoms with Gasteiger partial charge in [0.25, 0.3) is 0 Å². The first-order valence-corrected chi connectivity index (χ1v) is 7.52. The summed E-state index contributed by atoms with van der Waals surface area (Å²) in [5, 5.41) is 12.5. The van der Waals surface area contributed by atoms with Crippen LogP contribution in [0.3, 0.4) is 0 Å². The van der Waals surface area contributed by atoms with E-state index in [2.05, 4.69) is 18.3 Å². The fourth-order valence-electron chi connectivity index (χ4n) is 2.40. The number of hydrogen-bond acceptors (Lipinski definition) is 3. The number of rotatable bonds is 5. The quantitative estimate of drug-likeness (QED) is 0.862. The molecule has 0 radical (unpaired) electrons. The number of thiophene rings is 1. The fourth-order valence-corrected chi connectivity index (χ4v) is 3.78. The van der Waals surface area contributed by atoms with E-state index >= 15 is 0 Å². The third-order valence-corrected chi connectivity index (χ3v) is 4.76. The van der Waals surface area contributed by atoms with Crippen LogP contribution in [-0.4, -0.2) is 18.3 Å². The van der Waals surface area contributed by atoms with Gasteiger partial charge in [0, 0.05) is 17.5 Å². The third-order valence-electron chi connectivity index (χ3n) is 3.42. The molecule has 1 heterocycles. The molecule has 1 aromatic heterocycles.